The van der Waals surface area contributed by atoms with Gasteiger partial charge < -0.3 is 19.3 Å². The van der Waals surface area contributed by atoms with Gasteiger partial charge in [-0.25, -0.2) is 4.98 Å². The molecule has 1 aromatic heterocycles. The maximum Gasteiger partial charge on any atom is 0.267 e. The standard InChI is InChI=1S/C22H21N3O3/c26-22(20-15-27-18-7-3-4-8-19(18)28-20)25-13-11-24(12-14-25)21-10-9-16-5-1-2-6-17(16)23-21/h1-10,20H,11-15H2. The second kappa shape index (κ2) is 7.03. The number of hydrogen-bond donors (Lipinski definition) is 0. The predicted molar refractivity (Wildman–Crippen MR) is 107 cm³/mol. The monoisotopic (exact) mass is 375 g/mol. The van der Waals surface area contributed by atoms with Crippen LogP contribution < -0.4 is 14.4 Å². The van der Waals surface area contributed by atoms with Gasteiger partial charge in [0.05, 0.1) is 5.52 Å². The Kier molecular flexibility index (Phi) is 4.24. The van der Waals surface area contributed by atoms with Crippen LogP contribution >= 0.6 is 0 Å². The van der Waals surface area contributed by atoms with E-state index >= 15 is 0 Å². The van der Waals surface area contributed by atoms with Crippen LogP contribution in [0, 0.1) is 0 Å². The minimum absolute atomic E-state index is 0.0133. The lowest BCUT2D eigenvalue weighted by Gasteiger charge is -2.37. The molecule has 1 unspecified atom stereocenters. The van der Waals surface area contributed by atoms with Gasteiger partial charge in [-0.15, -0.1) is 0 Å². The van der Waals surface area contributed by atoms with Gasteiger partial charge >= 0.3 is 0 Å². The maximum absolute atomic E-state index is 12.9. The van der Waals surface area contributed by atoms with Gasteiger partial charge in [0.25, 0.3) is 5.91 Å². The van der Waals surface area contributed by atoms with Crippen LogP contribution in [0.3, 0.4) is 0 Å². The smallest absolute Gasteiger partial charge is 0.267 e. The van der Waals surface area contributed by atoms with E-state index in [1.165, 1.54) is 0 Å². The van der Waals surface area contributed by atoms with E-state index in [0.717, 1.165) is 29.8 Å². The molecule has 1 amide bonds. The quantitative estimate of drug-likeness (QED) is 0.689. The van der Waals surface area contributed by atoms with Crippen molar-refractivity contribution in [3.05, 3.63) is 60.7 Å². The SMILES string of the molecule is O=C(C1COc2ccccc2O1)N1CCN(c2ccc3ccccc3n2)CC1. The summed E-state index contributed by atoms with van der Waals surface area (Å²) in [6.07, 6.45) is -0.583. The topological polar surface area (TPSA) is 54.9 Å². The Labute approximate surface area is 163 Å². The zero-order valence-electron chi connectivity index (χ0n) is 15.5. The molecule has 3 heterocycles. The summed E-state index contributed by atoms with van der Waals surface area (Å²) >= 11 is 0. The molecule has 2 aliphatic heterocycles. The van der Waals surface area contributed by atoms with Crippen LogP contribution in [-0.4, -0.2) is 54.7 Å². The van der Waals surface area contributed by atoms with E-state index in [-0.39, 0.29) is 12.5 Å². The molecule has 0 N–H and O–H groups in total. The fraction of sp³-hybridized carbons (Fsp3) is 0.273. The summed E-state index contributed by atoms with van der Waals surface area (Å²) in [5.41, 5.74) is 0.991. The van der Waals surface area contributed by atoms with Crippen molar-refractivity contribution in [2.45, 2.75) is 6.10 Å². The van der Waals surface area contributed by atoms with E-state index in [4.69, 9.17) is 14.5 Å². The minimum Gasteiger partial charge on any atom is -0.485 e. The summed E-state index contributed by atoms with van der Waals surface area (Å²) in [6, 6.07) is 19.7. The first-order chi connectivity index (χ1) is 13.8. The average Bonchev–Trinajstić information content (AvgIpc) is 2.78. The molecule has 5 rings (SSSR count). The lowest BCUT2D eigenvalue weighted by atomic mass is 10.2. The van der Waals surface area contributed by atoms with Gasteiger partial charge in [-0.2, -0.15) is 0 Å². The van der Waals surface area contributed by atoms with Crippen molar-refractivity contribution in [2.24, 2.45) is 0 Å². The predicted octanol–water partition coefficient (Wildman–Crippen LogP) is 2.72. The number of piperazine rings is 1. The highest BCUT2D eigenvalue weighted by atomic mass is 16.6. The number of benzene rings is 2. The summed E-state index contributed by atoms with van der Waals surface area (Å²) in [5, 5.41) is 1.13. The lowest BCUT2D eigenvalue weighted by Crippen LogP contribution is -2.54. The molecular weight excluding hydrogens is 354 g/mol. The number of amides is 1. The molecule has 142 valence electrons. The van der Waals surface area contributed by atoms with Crippen LogP contribution in [0.25, 0.3) is 10.9 Å². The third-order valence-electron chi connectivity index (χ3n) is 5.28. The summed E-state index contributed by atoms with van der Waals surface area (Å²) < 4.78 is 11.6. The van der Waals surface area contributed by atoms with Crippen molar-refractivity contribution in [3.8, 4) is 11.5 Å². The zero-order valence-corrected chi connectivity index (χ0v) is 15.5. The van der Waals surface area contributed by atoms with E-state index in [9.17, 15) is 4.79 Å². The van der Waals surface area contributed by atoms with Crippen molar-refractivity contribution < 1.29 is 14.3 Å². The fourth-order valence-corrected chi connectivity index (χ4v) is 3.73. The third-order valence-corrected chi connectivity index (χ3v) is 5.28. The molecule has 1 fully saturated rings. The number of hydrogen-bond acceptors (Lipinski definition) is 5. The normalized spacial score (nSPS) is 18.9. The minimum atomic E-state index is -0.583. The summed E-state index contributed by atoms with van der Waals surface area (Å²) in [6.45, 7) is 3.05. The molecule has 3 aromatic rings. The molecule has 28 heavy (non-hydrogen) atoms. The van der Waals surface area contributed by atoms with Gasteiger partial charge in [0.1, 0.15) is 12.4 Å². The maximum atomic E-state index is 12.9. The number of nitrogens with zero attached hydrogens (tertiary/aromatic N) is 3. The van der Waals surface area contributed by atoms with E-state index in [1.807, 2.05) is 47.4 Å². The van der Waals surface area contributed by atoms with Crippen LogP contribution in [0.1, 0.15) is 0 Å². The number of ether oxygens (including phenoxy) is 2. The van der Waals surface area contributed by atoms with Gasteiger partial charge in [-0.3, -0.25) is 4.79 Å². The first-order valence-electron chi connectivity index (χ1n) is 9.56. The number of carbonyl (C=O) groups is 1. The van der Waals surface area contributed by atoms with E-state index < -0.39 is 6.10 Å². The largest absolute Gasteiger partial charge is 0.485 e. The first kappa shape index (κ1) is 16.9. The molecule has 6 heteroatoms. The molecule has 0 radical (unpaired) electrons. The summed E-state index contributed by atoms with van der Waals surface area (Å²) in [5.74, 6) is 2.27. The fourth-order valence-electron chi connectivity index (χ4n) is 3.73. The van der Waals surface area contributed by atoms with Crippen molar-refractivity contribution in [1.82, 2.24) is 9.88 Å². The second-order valence-electron chi connectivity index (χ2n) is 7.04. The second-order valence-corrected chi connectivity index (χ2v) is 7.04. The number of carbonyl (C=O) groups excluding carboxylic acids is 1. The molecule has 0 bridgehead atoms. The van der Waals surface area contributed by atoms with Crippen molar-refractivity contribution in [3.63, 3.8) is 0 Å². The van der Waals surface area contributed by atoms with Crippen molar-refractivity contribution >= 4 is 22.6 Å². The summed E-state index contributed by atoms with van der Waals surface area (Å²) in [4.78, 5) is 21.7. The van der Waals surface area contributed by atoms with Crippen LogP contribution in [0.2, 0.25) is 0 Å². The number of rotatable bonds is 2. The van der Waals surface area contributed by atoms with Crippen LogP contribution in [0.15, 0.2) is 60.7 Å². The lowest BCUT2D eigenvalue weighted by molar-refractivity contribution is -0.141. The van der Waals surface area contributed by atoms with Crippen LogP contribution in [0.5, 0.6) is 11.5 Å². The highest BCUT2D eigenvalue weighted by Gasteiger charge is 2.32. The average molecular weight is 375 g/mol. The zero-order chi connectivity index (χ0) is 18.9. The number of aromatic nitrogens is 1. The summed E-state index contributed by atoms with van der Waals surface area (Å²) in [7, 11) is 0. The molecule has 2 aromatic carbocycles. The van der Waals surface area contributed by atoms with Gasteiger partial charge in [-0.05, 0) is 30.3 Å². The Morgan fingerprint density at radius 1 is 0.893 bits per heavy atom. The van der Waals surface area contributed by atoms with Gasteiger partial charge in [0.15, 0.2) is 11.5 Å². The van der Waals surface area contributed by atoms with Crippen molar-refractivity contribution in [1.29, 1.82) is 0 Å². The molecule has 1 saturated heterocycles. The molecule has 1 atom stereocenters. The van der Waals surface area contributed by atoms with E-state index in [2.05, 4.69) is 23.1 Å². The Morgan fingerprint density at radius 3 is 2.50 bits per heavy atom. The molecule has 0 saturated carbocycles. The number of pyridine rings is 1. The highest BCUT2D eigenvalue weighted by molar-refractivity contribution is 5.82. The molecule has 2 aliphatic rings. The molecule has 0 spiro atoms. The van der Waals surface area contributed by atoms with Crippen LogP contribution in [-0.2, 0) is 4.79 Å². The number of para-hydroxylation sites is 3. The Bertz CT molecular complexity index is 1010. The molecule has 0 aliphatic carbocycles. The van der Waals surface area contributed by atoms with Crippen LogP contribution in [0.4, 0.5) is 5.82 Å². The Hall–Kier alpha value is -3.28. The number of anilines is 1. The van der Waals surface area contributed by atoms with E-state index in [0.29, 0.717) is 24.6 Å². The first-order valence-corrected chi connectivity index (χ1v) is 9.56. The van der Waals surface area contributed by atoms with Crippen molar-refractivity contribution in [2.75, 3.05) is 37.7 Å². The highest BCUT2D eigenvalue weighted by Crippen LogP contribution is 2.31. The third kappa shape index (κ3) is 3.11. The number of fused-ring (bicyclic) bond motifs is 2. The molecular formula is C22H21N3O3. The van der Waals surface area contributed by atoms with Gasteiger partial charge in [0.2, 0.25) is 6.10 Å². The molecule has 6 nitrogen and oxygen atoms in total. The van der Waals surface area contributed by atoms with E-state index in [1.54, 1.807) is 0 Å². The Morgan fingerprint density at radius 2 is 1.64 bits per heavy atom. The van der Waals surface area contributed by atoms with Gasteiger partial charge in [0, 0.05) is 31.6 Å². The Balaban J connectivity index is 1.23. The van der Waals surface area contributed by atoms with Gasteiger partial charge in [-0.1, -0.05) is 30.3 Å².